The minimum Gasteiger partial charge on any atom is -0.456 e. The first kappa shape index (κ1) is 13.4. The summed E-state index contributed by atoms with van der Waals surface area (Å²) in [7, 11) is 0. The monoisotopic (exact) mass is 310 g/mol. The molecule has 5 aliphatic rings. The van der Waals surface area contributed by atoms with E-state index in [2.05, 4.69) is 6.58 Å². The van der Waals surface area contributed by atoms with Crippen LogP contribution in [0, 0.1) is 11.3 Å². The van der Waals surface area contributed by atoms with E-state index in [4.69, 9.17) is 14.2 Å². The molecule has 2 aliphatic carbocycles. The molecule has 120 valence electrons. The lowest BCUT2D eigenvalue weighted by molar-refractivity contribution is -0.267. The molecule has 3 aliphatic heterocycles. The Labute approximate surface area is 126 Å². The number of aliphatic hydroxyl groups is 3. The van der Waals surface area contributed by atoms with Crippen molar-refractivity contribution in [2.24, 2.45) is 11.3 Å². The minimum absolute atomic E-state index is 0.276. The molecule has 22 heavy (non-hydrogen) atoms. The summed E-state index contributed by atoms with van der Waals surface area (Å²) in [5.41, 5.74) is -5.26. The van der Waals surface area contributed by atoms with Crippen molar-refractivity contribution in [3.05, 3.63) is 12.2 Å². The third-order valence-corrected chi connectivity index (χ3v) is 6.91. The van der Waals surface area contributed by atoms with Gasteiger partial charge in [0.05, 0.1) is 12.0 Å². The van der Waals surface area contributed by atoms with Crippen LogP contribution in [0.15, 0.2) is 12.2 Å². The van der Waals surface area contributed by atoms with Gasteiger partial charge < -0.3 is 29.5 Å². The standard InChI is InChI=1S/C15H18O7/c1-5(2)14(18)6-11(17)22-8(14)7(16)12(3)13(4-20-13)9-10(21-9)15(6,12)19/h6-10,16,18-19H,1,4H2,2-3H3/t6-,7+,8-,9+,10-,12-,13+,14+,15-/m0/s1. The van der Waals surface area contributed by atoms with E-state index in [1.54, 1.807) is 13.8 Å². The highest BCUT2D eigenvalue weighted by Gasteiger charge is 2.96. The summed E-state index contributed by atoms with van der Waals surface area (Å²) >= 11 is 0. The highest BCUT2D eigenvalue weighted by molar-refractivity contribution is 5.82. The molecule has 5 rings (SSSR count). The summed E-state index contributed by atoms with van der Waals surface area (Å²) in [6.07, 6.45) is -3.46. The number of carbonyl (C=O) groups is 1. The molecule has 0 aromatic heterocycles. The molecule has 3 heterocycles. The zero-order chi connectivity index (χ0) is 15.9. The van der Waals surface area contributed by atoms with Gasteiger partial charge in [-0.05, 0) is 12.5 Å². The number of rotatable bonds is 1. The molecule has 2 saturated carbocycles. The number of hydrogen-bond donors (Lipinski definition) is 3. The van der Waals surface area contributed by atoms with Gasteiger partial charge in [0.2, 0.25) is 0 Å². The van der Waals surface area contributed by atoms with Gasteiger partial charge >= 0.3 is 5.97 Å². The van der Waals surface area contributed by atoms with E-state index in [1.165, 1.54) is 0 Å². The zero-order valence-electron chi connectivity index (χ0n) is 12.3. The number of aliphatic hydroxyl groups excluding tert-OH is 1. The van der Waals surface area contributed by atoms with Crippen LogP contribution >= 0.6 is 0 Å². The van der Waals surface area contributed by atoms with Crippen LogP contribution in [-0.4, -0.2) is 69.1 Å². The van der Waals surface area contributed by atoms with Crippen molar-refractivity contribution in [1.82, 2.24) is 0 Å². The molecule has 2 bridgehead atoms. The second-order valence-corrected chi connectivity index (χ2v) is 7.52. The molecule has 9 atom stereocenters. The van der Waals surface area contributed by atoms with E-state index in [1.807, 2.05) is 0 Å². The molecule has 0 aromatic carbocycles. The first-order valence-corrected chi connectivity index (χ1v) is 7.46. The van der Waals surface area contributed by atoms with Crippen molar-refractivity contribution in [3.8, 4) is 0 Å². The number of hydrogen-bond acceptors (Lipinski definition) is 7. The van der Waals surface area contributed by atoms with Crippen LogP contribution in [0.25, 0.3) is 0 Å². The Kier molecular flexibility index (Phi) is 1.92. The van der Waals surface area contributed by atoms with Crippen molar-refractivity contribution in [1.29, 1.82) is 0 Å². The number of esters is 1. The average molecular weight is 310 g/mol. The van der Waals surface area contributed by atoms with Crippen molar-refractivity contribution < 1.29 is 34.3 Å². The smallest absolute Gasteiger partial charge is 0.315 e. The van der Waals surface area contributed by atoms with E-state index in [0.717, 1.165) is 0 Å². The Morgan fingerprint density at radius 2 is 1.95 bits per heavy atom. The maximum Gasteiger partial charge on any atom is 0.315 e. The van der Waals surface area contributed by atoms with Gasteiger partial charge in [-0.3, -0.25) is 4.79 Å². The first-order chi connectivity index (χ1) is 10.2. The number of ether oxygens (including phenoxy) is 3. The third-order valence-electron chi connectivity index (χ3n) is 6.91. The van der Waals surface area contributed by atoms with Crippen LogP contribution in [0.4, 0.5) is 0 Å². The molecule has 7 heteroatoms. The van der Waals surface area contributed by atoms with Crippen molar-refractivity contribution >= 4 is 5.97 Å². The van der Waals surface area contributed by atoms with Crippen molar-refractivity contribution in [3.63, 3.8) is 0 Å². The van der Waals surface area contributed by atoms with Gasteiger partial charge in [-0.1, -0.05) is 13.5 Å². The number of fused-ring (bicyclic) bond motifs is 8. The van der Waals surface area contributed by atoms with Crippen LogP contribution < -0.4 is 0 Å². The first-order valence-electron chi connectivity index (χ1n) is 7.46. The van der Waals surface area contributed by atoms with Gasteiger partial charge in [-0.15, -0.1) is 0 Å². The van der Waals surface area contributed by atoms with E-state index >= 15 is 0 Å². The summed E-state index contributed by atoms with van der Waals surface area (Å²) < 4.78 is 16.4. The van der Waals surface area contributed by atoms with Gasteiger partial charge in [0.15, 0.2) is 6.10 Å². The van der Waals surface area contributed by atoms with Crippen LogP contribution in [0.5, 0.6) is 0 Å². The Bertz CT molecular complexity index is 642. The second-order valence-electron chi connectivity index (χ2n) is 7.52. The lowest BCUT2D eigenvalue weighted by Gasteiger charge is -2.56. The largest absolute Gasteiger partial charge is 0.456 e. The zero-order valence-corrected chi connectivity index (χ0v) is 12.3. The summed E-state index contributed by atoms with van der Waals surface area (Å²) in [4.78, 5) is 12.4. The van der Waals surface area contributed by atoms with Gasteiger partial charge in [0.25, 0.3) is 0 Å². The Hall–Kier alpha value is -0.990. The topological polar surface area (TPSA) is 112 Å². The molecule has 3 saturated heterocycles. The lowest BCUT2D eigenvalue weighted by Crippen LogP contribution is -2.76. The molecule has 1 spiro atoms. The second kappa shape index (κ2) is 3.14. The quantitative estimate of drug-likeness (QED) is 0.307. The number of epoxide rings is 2. The number of carbonyl (C=O) groups excluding carboxylic acids is 1. The molecule has 5 fully saturated rings. The highest BCUT2D eigenvalue weighted by Crippen LogP contribution is 2.76. The SMILES string of the molecule is C=C(C)[C@]1(O)[C@H]2OC(=O)[C@@H]1[C@]1(O)[C@H]3O[C@H]3[C@]3(CO3)[C@]1(C)[C@@H]2O. The van der Waals surface area contributed by atoms with Crippen LogP contribution in [0.2, 0.25) is 0 Å². The fourth-order valence-corrected chi connectivity index (χ4v) is 5.46. The van der Waals surface area contributed by atoms with E-state index in [9.17, 15) is 20.1 Å². The summed E-state index contributed by atoms with van der Waals surface area (Å²) in [5, 5.41) is 33.5. The van der Waals surface area contributed by atoms with Gasteiger partial charge in [-0.2, -0.15) is 0 Å². The molecule has 3 N–H and O–H groups in total. The minimum atomic E-state index is -1.82. The molecule has 0 unspecified atom stereocenters. The van der Waals surface area contributed by atoms with Crippen LogP contribution in [-0.2, 0) is 19.0 Å². The van der Waals surface area contributed by atoms with Gasteiger partial charge in [0.1, 0.15) is 41.0 Å². The van der Waals surface area contributed by atoms with Crippen molar-refractivity contribution in [2.75, 3.05) is 6.61 Å². The summed E-state index contributed by atoms with van der Waals surface area (Å²) in [6.45, 7) is 7.35. The third kappa shape index (κ3) is 0.917. The van der Waals surface area contributed by atoms with Crippen molar-refractivity contribution in [2.45, 2.75) is 55.1 Å². The van der Waals surface area contributed by atoms with Gasteiger partial charge in [0, 0.05) is 0 Å². The predicted molar refractivity (Wildman–Crippen MR) is 69.5 cm³/mol. The Morgan fingerprint density at radius 1 is 1.32 bits per heavy atom. The molecule has 0 aromatic rings. The van der Waals surface area contributed by atoms with Crippen LogP contribution in [0.1, 0.15) is 13.8 Å². The van der Waals surface area contributed by atoms with E-state index in [-0.39, 0.29) is 11.7 Å². The van der Waals surface area contributed by atoms with Gasteiger partial charge in [-0.25, -0.2) is 0 Å². The van der Waals surface area contributed by atoms with E-state index in [0.29, 0.717) is 6.61 Å². The maximum atomic E-state index is 12.4. The Balaban J connectivity index is 1.79. The van der Waals surface area contributed by atoms with E-state index < -0.39 is 52.4 Å². The molecular formula is C15H18O7. The molecule has 0 amide bonds. The summed E-state index contributed by atoms with van der Waals surface area (Å²) in [6, 6.07) is 0. The van der Waals surface area contributed by atoms with Crippen LogP contribution in [0.3, 0.4) is 0 Å². The maximum absolute atomic E-state index is 12.4. The Morgan fingerprint density at radius 3 is 2.50 bits per heavy atom. The lowest BCUT2D eigenvalue weighted by atomic mass is 9.50. The average Bonchev–Trinajstić information content (AvgIpc) is 3.30. The molecule has 7 nitrogen and oxygen atoms in total. The molecular weight excluding hydrogens is 292 g/mol. The predicted octanol–water partition coefficient (Wildman–Crippen LogP) is -1.50. The fourth-order valence-electron chi connectivity index (χ4n) is 5.46. The fraction of sp³-hybridized carbons (Fsp3) is 0.800. The normalized spacial score (nSPS) is 66.8. The summed E-state index contributed by atoms with van der Waals surface area (Å²) in [5.74, 6) is -1.97. The highest BCUT2D eigenvalue weighted by atomic mass is 16.7. The molecule has 0 radical (unpaired) electrons.